The average molecular weight is 233 g/mol. The van der Waals surface area contributed by atoms with Crippen LogP contribution in [-0.4, -0.2) is 24.2 Å². The lowest BCUT2D eigenvalue weighted by Gasteiger charge is -1.99. The van der Waals surface area contributed by atoms with Crippen molar-refractivity contribution in [2.75, 3.05) is 13.2 Å². The molecule has 0 aromatic heterocycles. The van der Waals surface area contributed by atoms with Crippen molar-refractivity contribution in [1.29, 1.82) is 0 Å². The Balaban J connectivity index is 2.35. The molecule has 2 N–H and O–H groups in total. The smallest absolute Gasteiger partial charge is 0.216 e. The number of hydrogen-bond donors (Lipinski definition) is 2. The minimum Gasteiger partial charge on any atom is -0.396 e. The predicted molar refractivity (Wildman–Crippen MR) is 69.6 cm³/mol. The standard InChI is InChI=1S/C14H19NO2/c1-12(17)15-10-3-2-4-13-5-7-14(8-6-13)9-11-16/h2,4-8,16H,3,9-11H2,1H3,(H,15,17). The minimum atomic E-state index is 0.00626. The maximum absolute atomic E-state index is 10.6. The van der Waals surface area contributed by atoms with Gasteiger partial charge in [0.05, 0.1) is 0 Å². The van der Waals surface area contributed by atoms with Gasteiger partial charge >= 0.3 is 0 Å². The quantitative estimate of drug-likeness (QED) is 0.736. The normalized spacial score (nSPS) is 10.7. The van der Waals surface area contributed by atoms with E-state index in [4.69, 9.17) is 5.11 Å². The van der Waals surface area contributed by atoms with Crippen LogP contribution in [-0.2, 0) is 11.2 Å². The predicted octanol–water partition coefficient (Wildman–Crippen LogP) is 1.76. The van der Waals surface area contributed by atoms with Crippen LogP contribution in [0.3, 0.4) is 0 Å². The Morgan fingerprint density at radius 2 is 2.06 bits per heavy atom. The third-order valence-electron chi connectivity index (χ3n) is 2.38. The highest BCUT2D eigenvalue weighted by molar-refractivity contribution is 5.72. The number of nitrogens with one attached hydrogen (secondary N) is 1. The SMILES string of the molecule is CC(=O)NCCC=Cc1ccc(CCO)cc1. The third kappa shape index (κ3) is 5.88. The molecule has 0 atom stereocenters. The molecule has 0 saturated carbocycles. The number of aliphatic hydroxyl groups excluding tert-OH is 1. The number of amides is 1. The zero-order chi connectivity index (χ0) is 12.5. The number of aliphatic hydroxyl groups is 1. The molecule has 3 nitrogen and oxygen atoms in total. The Morgan fingerprint density at radius 1 is 1.35 bits per heavy atom. The van der Waals surface area contributed by atoms with E-state index < -0.39 is 0 Å². The van der Waals surface area contributed by atoms with Gasteiger partial charge in [-0.2, -0.15) is 0 Å². The molecule has 0 heterocycles. The van der Waals surface area contributed by atoms with Crippen LogP contribution in [0.5, 0.6) is 0 Å². The molecule has 3 heteroatoms. The van der Waals surface area contributed by atoms with E-state index in [1.54, 1.807) is 0 Å². The van der Waals surface area contributed by atoms with Crippen LogP contribution in [0.1, 0.15) is 24.5 Å². The van der Waals surface area contributed by atoms with Gasteiger partial charge < -0.3 is 10.4 Å². The number of rotatable bonds is 6. The number of carbonyl (C=O) groups excluding carboxylic acids is 1. The molecule has 0 unspecified atom stereocenters. The van der Waals surface area contributed by atoms with Crippen molar-refractivity contribution in [2.45, 2.75) is 19.8 Å². The summed E-state index contributed by atoms with van der Waals surface area (Å²) in [5.74, 6) is 0.00626. The van der Waals surface area contributed by atoms with Crippen LogP contribution >= 0.6 is 0 Å². The summed E-state index contributed by atoms with van der Waals surface area (Å²) in [4.78, 5) is 10.6. The first kappa shape index (κ1) is 13.5. The zero-order valence-corrected chi connectivity index (χ0v) is 10.1. The fraction of sp³-hybridized carbons (Fsp3) is 0.357. The van der Waals surface area contributed by atoms with Crippen molar-refractivity contribution in [3.63, 3.8) is 0 Å². The van der Waals surface area contributed by atoms with Gasteiger partial charge in [0, 0.05) is 20.1 Å². The molecule has 92 valence electrons. The van der Waals surface area contributed by atoms with Crippen molar-refractivity contribution >= 4 is 12.0 Å². The van der Waals surface area contributed by atoms with E-state index in [1.807, 2.05) is 36.4 Å². The highest BCUT2D eigenvalue weighted by atomic mass is 16.2. The van der Waals surface area contributed by atoms with E-state index in [1.165, 1.54) is 6.92 Å². The van der Waals surface area contributed by atoms with Crippen LogP contribution in [0.2, 0.25) is 0 Å². The molecule has 1 rings (SSSR count). The minimum absolute atomic E-state index is 0.00626. The molecule has 0 aliphatic carbocycles. The fourth-order valence-electron chi connectivity index (χ4n) is 1.48. The summed E-state index contributed by atoms with van der Waals surface area (Å²) in [6.07, 6.45) is 5.60. The summed E-state index contributed by atoms with van der Waals surface area (Å²) < 4.78 is 0. The molecule has 1 amide bonds. The maximum Gasteiger partial charge on any atom is 0.216 e. The second kappa shape index (κ2) is 7.63. The van der Waals surface area contributed by atoms with E-state index >= 15 is 0 Å². The summed E-state index contributed by atoms with van der Waals surface area (Å²) in [5, 5.41) is 11.5. The molecule has 0 radical (unpaired) electrons. The van der Waals surface area contributed by atoms with Gasteiger partial charge in [-0.1, -0.05) is 36.4 Å². The lowest BCUT2D eigenvalue weighted by molar-refractivity contribution is -0.118. The molecule has 17 heavy (non-hydrogen) atoms. The zero-order valence-electron chi connectivity index (χ0n) is 10.1. The first-order chi connectivity index (χ1) is 8.22. The summed E-state index contributed by atoms with van der Waals surface area (Å²) in [5.41, 5.74) is 2.28. The first-order valence-electron chi connectivity index (χ1n) is 5.83. The Bertz CT molecular complexity index is 368. The number of hydrogen-bond acceptors (Lipinski definition) is 2. The van der Waals surface area contributed by atoms with Crippen LogP contribution in [0, 0.1) is 0 Å². The highest BCUT2D eigenvalue weighted by Gasteiger charge is 1.91. The Morgan fingerprint density at radius 3 is 2.65 bits per heavy atom. The molecule has 1 aromatic rings. The van der Waals surface area contributed by atoms with Crippen molar-refractivity contribution in [3.05, 3.63) is 41.5 Å². The molecule has 0 bridgehead atoms. The Kier molecular flexibility index (Phi) is 6.04. The van der Waals surface area contributed by atoms with E-state index in [-0.39, 0.29) is 12.5 Å². The van der Waals surface area contributed by atoms with Crippen molar-refractivity contribution in [1.82, 2.24) is 5.32 Å². The Labute approximate surface area is 102 Å². The average Bonchev–Trinajstić information content (AvgIpc) is 2.31. The molecule has 0 saturated heterocycles. The summed E-state index contributed by atoms with van der Waals surface area (Å²) >= 11 is 0. The van der Waals surface area contributed by atoms with Gasteiger partial charge in [0.2, 0.25) is 5.91 Å². The lowest BCUT2D eigenvalue weighted by Crippen LogP contribution is -2.20. The second-order valence-electron chi connectivity index (χ2n) is 3.89. The van der Waals surface area contributed by atoms with Gasteiger partial charge in [0.1, 0.15) is 0 Å². The van der Waals surface area contributed by atoms with E-state index in [0.717, 1.165) is 17.5 Å². The second-order valence-corrected chi connectivity index (χ2v) is 3.89. The van der Waals surface area contributed by atoms with Gasteiger partial charge in [-0.15, -0.1) is 0 Å². The largest absolute Gasteiger partial charge is 0.396 e. The van der Waals surface area contributed by atoms with Crippen molar-refractivity contribution in [2.24, 2.45) is 0 Å². The molecule has 0 aliphatic rings. The molecule has 0 spiro atoms. The van der Waals surface area contributed by atoms with Gasteiger partial charge in [0.15, 0.2) is 0 Å². The topological polar surface area (TPSA) is 49.3 Å². The summed E-state index contributed by atoms with van der Waals surface area (Å²) in [7, 11) is 0. The first-order valence-corrected chi connectivity index (χ1v) is 5.83. The van der Waals surface area contributed by atoms with E-state index in [9.17, 15) is 4.79 Å². The van der Waals surface area contributed by atoms with Gasteiger partial charge in [-0.25, -0.2) is 0 Å². The van der Waals surface area contributed by atoms with Crippen molar-refractivity contribution in [3.8, 4) is 0 Å². The maximum atomic E-state index is 10.6. The summed E-state index contributed by atoms with van der Waals surface area (Å²) in [6.45, 7) is 2.38. The summed E-state index contributed by atoms with van der Waals surface area (Å²) in [6, 6.07) is 8.09. The number of benzene rings is 1. The van der Waals surface area contributed by atoms with Crippen LogP contribution in [0.4, 0.5) is 0 Å². The third-order valence-corrected chi connectivity index (χ3v) is 2.38. The molecular formula is C14H19NO2. The van der Waals surface area contributed by atoms with Crippen molar-refractivity contribution < 1.29 is 9.90 Å². The van der Waals surface area contributed by atoms with Crippen LogP contribution < -0.4 is 5.32 Å². The fourth-order valence-corrected chi connectivity index (χ4v) is 1.48. The van der Waals surface area contributed by atoms with E-state index in [2.05, 4.69) is 5.32 Å². The molecule has 0 aliphatic heterocycles. The monoisotopic (exact) mass is 233 g/mol. The van der Waals surface area contributed by atoms with Crippen LogP contribution in [0.25, 0.3) is 6.08 Å². The molecule has 1 aromatic carbocycles. The van der Waals surface area contributed by atoms with Gasteiger partial charge in [0.25, 0.3) is 0 Å². The Hall–Kier alpha value is -1.61. The number of carbonyl (C=O) groups is 1. The highest BCUT2D eigenvalue weighted by Crippen LogP contribution is 2.07. The van der Waals surface area contributed by atoms with E-state index in [0.29, 0.717) is 13.0 Å². The van der Waals surface area contributed by atoms with Gasteiger partial charge in [-0.05, 0) is 24.0 Å². The van der Waals surface area contributed by atoms with Gasteiger partial charge in [-0.3, -0.25) is 4.79 Å². The lowest BCUT2D eigenvalue weighted by atomic mass is 10.1. The molecular weight excluding hydrogens is 214 g/mol. The van der Waals surface area contributed by atoms with Crippen LogP contribution in [0.15, 0.2) is 30.3 Å². The molecule has 0 fully saturated rings.